The monoisotopic (exact) mass is 367 g/mol. The Hall–Kier alpha value is -2.53. The maximum atomic E-state index is 12.5. The van der Waals surface area contributed by atoms with Crippen molar-refractivity contribution in [1.82, 2.24) is 4.90 Å². The van der Waals surface area contributed by atoms with Crippen LogP contribution in [0.5, 0.6) is 5.75 Å². The van der Waals surface area contributed by atoms with Gasteiger partial charge in [0.25, 0.3) is 11.1 Å². The van der Waals surface area contributed by atoms with E-state index in [1.807, 2.05) is 55.5 Å². The van der Waals surface area contributed by atoms with Crippen LogP contribution < -0.4 is 4.74 Å². The smallest absolute Gasteiger partial charge is 0.293 e. The fourth-order valence-corrected chi connectivity index (χ4v) is 3.45. The fraction of sp³-hybridized carbons (Fsp3) is 0.238. The van der Waals surface area contributed by atoms with Gasteiger partial charge in [0.05, 0.1) is 11.4 Å². The number of ether oxygens (including phenoxy) is 1. The lowest BCUT2D eigenvalue weighted by molar-refractivity contribution is -0.123. The number of nitrogens with zero attached hydrogens (tertiary/aromatic N) is 1. The van der Waals surface area contributed by atoms with Crippen LogP contribution >= 0.6 is 11.8 Å². The summed E-state index contributed by atoms with van der Waals surface area (Å²) in [4.78, 5) is 26.3. The highest BCUT2D eigenvalue weighted by Crippen LogP contribution is 2.32. The molecule has 1 fully saturated rings. The van der Waals surface area contributed by atoms with Crippen LogP contribution in [0.2, 0.25) is 0 Å². The number of benzene rings is 2. The second-order valence-corrected chi connectivity index (χ2v) is 7.08. The van der Waals surface area contributed by atoms with Gasteiger partial charge in [-0.15, -0.1) is 0 Å². The van der Waals surface area contributed by atoms with Crippen LogP contribution in [0, 0.1) is 6.92 Å². The Bertz CT molecular complexity index is 825. The van der Waals surface area contributed by atoms with E-state index in [4.69, 9.17) is 4.74 Å². The van der Waals surface area contributed by atoms with Crippen molar-refractivity contribution in [3.05, 3.63) is 70.1 Å². The van der Waals surface area contributed by atoms with E-state index in [0.717, 1.165) is 35.1 Å². The maximum Gasteiger partial charge on any atom is 0.293 e. The minimum absolute atomic E-state index is 0.241. The highest BCUT2D eigenvalue weighted by Gasteiger charge is 2.34. The van der Waals surface area contributed by atoms with Crippen LogP contribution in [0.4, 0.5) is 4.79 Å². The number of thioether (sulfide) groups is 1. The Kier molecular flexibility index (Phi) is 5.78. The van der Waals surface area contributed by atoms with Gasteiger partial charge in [0, 0.05) is 0 Å². The van der Waals surface area contributed by atoms with Gasteiger partial charge in [-0.25, -0.2) is 0 Å². The van der Waals surface area contributed by atoms with Crippen LogP contribution in [0.1, 0.15) is 23.6 Å². The van der Waals surface area contributed by atoms with Crippen molar-refractivity contribution >= 4 is 29.0 Å². The molecule has 1 aliphatic rings. The van der Waals surface area contributed by atoms with E-state index in [-0.39, 0.29) is 24.3 Å². The first-order valence-electron chi connectivity index (χ1n) is 8.60. The van der Waals surface area contributed by atoms with Crippen molar-refractivity contribution in [3.63, 3.8) is 0 Å². The van der Waals surface area contributed by atoms with Crippen molar-refractivity contribution < 1.29 is 14.3 Å². The van der Waals surface area contributed by atoms with Gasteiger partial charge < -0.3 is 4.74 Å². The molecular formula is C21H21NO3S. The van der Waals surface area contributed by atoms with Crippen molar-refractivity contribution in [2.75, 3.05) is 13.2 Å². The van der Waals surface area contributed by atoms with Crippen molar-refractivity contribution in [2.24, 2.45) is 0 Å². The summed E-state index contributed by atoms with van der Waals surface area (Å²) in [7, 11) is 0. The van der Waals surface area contributed by atoms with E-state index in [2.05, 4.69) is 6.92 Å². The minimum Gasteiger partial charge on any atom is -0.492 e. The number of hydrogen-bond donors (Lipinski definition) is 0. The van der Waals surface area contributed by atoms with Gasteiger partial charge in [-0.2, -0.15) is 0 Å². The minimum atomic E-state index is -0.257. The molecule has 0 radical (unpaired) electrons. The summed E-state index contributed by atoms with van der Waals surface area (Å²) in [5, 5.41) is -0.251. The SMILES string of the molecule is CCc1ccc(C=C2SC(=O)N(CCOc3ccc(C)cc3)C2=O)cc1. The Morgan fingerprint density at radius 3 is 2.38 bits per heavy atom. The Labute approximate surface area is 157 Å². The molecule has 0 N–H and O–H groups in total. The average Bonchev–Trinajstić information content (AvgIpc) is 2.91. The molecule has 1 aliphatic heterocycles. The van der Waals surface area contributed by atoms with Crippen LogP contribution in [0.25, 0.3) is 6.08 Å². The second kappa shape index (κ2) is 8.23. The Balaban J connectivity index is 1.60. The number of amides is 2. The third-order valence-corrected chi connectivity index (χ3v) is 5.07. The molecule has 0 aliphatic carbocycles. The zero-order valence-corrected chi connectivity index (χ0v) is 15.7. The zero-order chi connectivity index (χ0) is 18.5. The molecule has 0 atom stereocenters. The Morgan fingerprint density at radius 1 is 1.04 bits per heavy atom. The van der Waals surface area contributed by atoms with Crippen LogP contribution in [-0.4, -0.2) is 29.2 Å². The predicted molar refractivity (Wildman–Crippen MR) is 105 cm³/mol. The number of imide groups is 1. The molecule has 2 aromatic carbocycles. The average molecular weight is 367 g/mol. The quantitative estimate of drug-likeness (QED) is 0.696. The number of rotatable bonds is 6. The molecular weight excluding hydrogens is 346 g/mol. The van der Waals surface area contributed by atoms with Crippen molar-refractivity contribution in [2.45, 2.75) is 20.3 Å². The summed E-state index contributed by atoms with van der Waals surface area (Å²) in [6.07, 6.45) is 2.74. The molecule has 5 heteroatoms. The summed E-state index contributed by atoms with van der Waals surface area (Å²) < 4.78 is 5.62. The molecule has 0 aromatic heterocycles. The third-order valence-electron chi connectivity index (χ3n) is 4.16. The topological polar surface area (TPSA) is 46.6 Å². The van der Waals surface area contributed by atoms with Crippen LogP contribution in [0.15, 0.2) is 53.4 Å². The van der Waals surface area contributed by atoms with Gasteiger partial charge in [0.1, 0.15) is 12.4 Å². The molecule has 0 saturated carbocycles. The molecule has 0 bridgehead atoms. The van der Waals surface area contributed by atoms with E-state index in [1.165, 1.54) is 10.5 Å². The van der Waals surface area contributed by atoms with Crippen molar-refractivity contribution in [3.8, 4) is 5.75 Å². The number of carbonyl (C=O) groups excluding carboxylic acids is 2. The summed E-state index contributed by atoms with van der Waals surface area (Å²) in [5.41, 5.74) is 3.31. The van der Waals surface area contributed by atoms with E-state index in [9.17, 15) is 9.59 Å². The molecule has 4 nitrogen and oxygen atoms in total. The van der Waals surface area contributed by atoms with Gasteiger partial charge in [-0.3, -0.25) is 14.5 Å². The van der Waals surface area contributed by atoms with E-state index < -0.39 is 0 Å². The standard InChI is InChI=1S/C21H21NO3S/c1-3-16-6-8-17(9-7-16)14-19-20(23)22(21(24)26-19)12-13-25-18-10-4-15(2)5-11-18/h4-11,14H,3,12-13H2,1-2H3. The third kappa shape index (κ3) is 4.35. The lowest BCUT2D eigenvalue weighted by Gasteiger charge is -2.13. The molecule has 3 rings (SSSR count). The highest BCUT2D eigenvalue weighted by atomic mass is 32.2. The van der Waals surface area contributed by atoms with Crippen LogP contribution in [-0.2, 0) is 11.2 Å². The van der Waals surface area contributed by atoms with E-state index >= 15 is 0 Å². The van der Waals surface area contributed by atoms with Crippen molar-refractivity contribution in [1.29, 1.82) is 0 Å². The fourth-order valence-electron chi connectivity index (χ4n) is 2.58. The number of carbonyl (C=O) groups is 2. The summed E-state index contributed by atoms with van der Waals surface area (Å²) >= 11 is 0.978. The molecule has 2 amide bonds. The number of hydrogen-bond acceptors (Lipinski definition) is 4. The van der Waals surface area contributed by atoms with Gasteiger partial charge in [0.15, 0.2) is 0 Å². The number of aryl methyl sites for hydroxylation is 2. The highest BCUT2D eigenvalue weighted by molar-refractivity contribution is 8.18. The lowest BCUT2D eigenvalue weighted by atomic mass is 10.1. The normalized spacial score (nSPS) is 15.8. The Morgan fingerprint density at radius 2 is 1.73 bits per heavy atom. The first kappa shape index (κ1) is 18.3. The first-order chi connectivity index (χ1) is 12.6. The molecule has 0 unspecified atom stereocenters. The van der Waals surface area contributed by atoms with Gasteiger partial charge in [-0.1, -0.05) is 48.9 Å². The van der Waals surface area contributed by atoms with Gasteiger partial charge in [-0.05, 0) is 54.4 Å². The van der Waals surface area contributed by atoms with Crippen LogP contribution in [0.3, 0.4) is 0 Å². The summed E-state index contributed by atoms with van der Waals surface area (Å²) in [5.74, 6) is 0.473. The predicted octanol–water partition coefficient (Wildman–Crippen LogP) is 4.67. The zero-order valence-electron chi connectivity index (χ0n) is 14.9. The molecule has 0 spiro atoms. The molecule has 134 valence electrons. The lowest BCUT2D eigenvalue weighted by Crippen LogP contribution is -2.32. The van der Waals surface area contributed by atoms with Gasteiger partial charge >= 0.3 is 0 Å². The molecule has 26 heavy (non-hydrogen) atoms. The second-order valence-electron chi connectivity index (χ2n) is 6.09. The molecule has 1 heterocycles. The molecule has 1 saturated heterocycles. The summed E-state index contributed by atoms with van der Waals surface area (Å²) in [6, 6.07) is 15.7. The largest absolute Gasteiger partial charge is 0.492 e. The summed E-state index contributed by atoms with van der Waals surface area (Å²) in [6.45, 7) is 4.62. The van der Waals surface area contributed by atoms with Gasteiger partial charge in [0.2, 0.25) is 0 Å². The first-order valence-corrected chi connectivity index (χ1v) is 9.42. The maximum absolute atomic E-state index is 12.5. The molecule has 2 aromatic rings. The van der Waals surface area contributed by atoms with E-state index in [1.54, 1.807) is 6.08 Å². The van der Waals surface area contributed by atoms with E-state index in [0.29, 0.717) is 4.91 Å².